The smallest absolute Gasteiger partial charge is 0.224 e. The Morgan fingerprint density at radius 1 is 1.40 bits per heavy atom. The van der Waals surface area contributed by atoms with Crippen LogP contribution in [0.15, 0.2) is 35.8 Å². The second kappa shape index (κ2) is 4.23. The van der Waals surface area contributed by atoms with Crippen LogP contribution in [0, 0.1) is 0 Å². The summed E-state index contributed by atoms with van der Waals surface area (Å²) >= 11 is 1.41. The van der Waals surface area contributed by atoms with Gasteiger partial charge < -0.3 is 4.74 Å². The molecule has 0 N–H and O–H groups in total. The van der Waals surface area contributed by atoms with Crippen molar-refractivity contribution in [1.29, 1.82) is 0 Å². The highest BCUT2D eigenvalue weighted by Crippen LogP contribution is 2.20. The summed E-state index contributed by atoms with van der Waals surface area (Å²) in [7, 11) is 1.51. The van der Waals surface area contributed by atoms with Crippen molar-refractivity contribution in [3.63, 3.8) is 0 Å². The van der Waals surface area contributed by atoms with E-state index in [0.29, 0.717) is 16.3 Å². The van der Waals surface area contributed by atoms with Crippen LogP contribution in [-0.4, -0.2) is 17.9 Å². The Hall–Kier alpha value is -1.68. The molecule has 0 aliphatic heterocycles. The lowest BCUT2D eigenvalue weighted by atomic mass is 10.1. The average molecular weight is 219 g/mol. The highest BCUT2D eigenvalue weighted by Gasteiger charge is 2.15. The summed E-state index contributed by atoms with van der Waals surface area (Å²) < 4.78 is 5.04. The Morgan fingerprint density at radius 2 is 2.27 bits per heavy atom. The molecule has 0 radical (unpaired) electrons. The van der Waals surface area contributed by atoms with Gasteiger partial charge in [0.15, 0.2) is 0 Å². The number of ether oxygens (including phenoxy) is 1. The third kappa shape index (κ3) is 1.89. The molecule has 0 aliphatic rings. The summed E-state index contributed by atoms with van der Waals surface area (Å²) in [5.41, 5.74) is 0.502. The predicted octanol–water partition coefficient (Wildman–Crippen LogP) is 2.38. The fraction of sp³-hybridized carbons (Fsp3) is 0.0909. The van der Waals surface area contributed by atoms with Crippen molar-refractivity contribution in [3.05, 3.63) is 46.3 Å². The number of aromatic nitrogens is 1. The lowest BCUT2D eigenvalue weighted by Gasteiger charge is -2.03. The van der Waals surface area contributed by atoms with Crippen molar-refractivity contribution < 1.29 is 9.53 Å². The molecule has 0 bridgehead atoms. The zero-order valence-electron chi connectivity index (χ0n) is 8.14. The lowest BCUT2D eigenvalue weighted by molar-refractivity contribution is 0.103. The maximum absolute atomic E-state index is 12.0. The average Bonchev–Trinajstić information content (AvgIpc) is 2.81. The Labute approximate surface area is 91.4 Å². The van der Waals surface area contributed by atoms with Crippen LogP contribution in [0.2, 0.25) is 0 Å². The number of rotatable bonds is 3. The number of carbonyl (C=O) groups is 1. The highest BCUT2D eigenvalue weighted by molar-refractivity contribution is 7.12. The van der Waals surface area contributed by atoms with E-state index in [1.165, 1.54) is 18.4 Å². The Morgan fingerprint density at radius 3 is 2.93 bits per heavy atom. The van der Waals surface area contributed by atoms with Crippen molar-refractivity contribution in [3.8, 4) is 5.88 Å². The monoisotopic (exact) mass is 219 g/mol. The number of hydrogen-bond acceptors (Lipinski definition) is 4. The fourth-order valence-electron chi connectivity index (χ4n) is 1.27. The third-order valence-electron chi connectivity index (χ3n) is 1.95. The molecule has 2 rings (SSSR count). The van der Waals surface area contributed by atoms with Crippen molar-refractivity contribution in [1.82, 2.24) is 4.98 Å². The van der Waals surface area contributed by atoms with Gasteiger partial charge in [-0.25, -0.2) is 4.98 Å². The summed E-state index contributed by atoms with van der Waals surface area (Å²) in [6.07, 6.45) is 1.60. The van der Waals surface area contributed by atoms with Crippen LogP contribution in [0.4, 0.5) is 0 Å². The maximum atomic E-state index is 12.0. The van der Waals surface area contributed by atoms with Crippen molar-refractivity contribution in [2.75, 3.05) is 7.11 Å². The first-order valence-electron chi connectivity index (χ1n) is 4.40. The van der Waals surface area contributed by atoms with E-state index in [9.17, 15) is 4.79 Å². The summed E-state index contributed by atoms with van der Waals surface area (Å²) in [6, 6.07) is 7.08. The number of nitrogens with zero attached hydrogens (tertiary/aromatic N) is 1. The summed E-state index contributed by atoms with van der Waals surface area (Å²) in [5, 5.41) is 1.87. The number of ketones is 1. The molecule has 4 heteroatoms. The van der Waals surface area contributed by atoms with Crippen LogP contribution in [0.3, 0.4) is 0 Å². The molecule has 2 heterocycles. The molecule has 76 valence electrons. The molecule has 0 unspecified atom stereocenters. The zero-order chi connectivity index (χ0) is 10.7. The minimum atomic E-state index is -0.0463. The normalized spacial score (nSPS) is 9.93. The molecule has 3 nitrogen and oxygen atoms in total. The highest BCUT2D eigenvalue weighted by atomic mass is 32.1. The van der Waals surface area contributed by atoms with Crippen LogP contribution < -0.4 is 4.74 Å². The van der Waals surface area contributed by atoms with Crippen molar-refractivity contribution in [2.24, 2.45) is 0 Å². The number of thiophene rings is 1. The van der Waals surface area contributed by atoms with Crippen LogP contribution in [0.25, 0.3) is 0 Å². The maximum Gasteiger partial charge on any atom is 0.224 e. The van der Waals surface area contributed by atoms with E-state index in [0.717, 1.165) is 0 Å². The van der Waals surface area contributed by atoms with Gasteiger partial charge in [-0.05, 0) is 23.6 Å². The Bertz CT molecular complexity index is 465. The van der Waals surface area contributed by atoms with Crippen molar-refractivity contribution in [2.45, 2.75) is 0 Å². The SMILES string of the molecule is COc1ncccc1C(=O)c1cccs1. The standard InChI is InChI=1S/C11H9NO2S/c1-14-11-8(4-2-6-12-11)10(13)9-5-3-7-15-9/h2-7H,1H3. The quantitative estimate of drug-likeness (QED) is 0.744. The molecule has 2 aromatic rings. The molecule has 0 saturated carbocycles. The van der Waals surface area contributed by atoms with E-state index in [1.54, 1.807) is 24.4 Å². The van der Waals surface area contributed by atoms with E-state index < -0.39 is 0 Å². The number of hydrogen-bond donors (Lipinski definition) is 0. The molecule has 0 saturated heterocycles. The van der Waals surface area contributed by atoms with Gasteiger partial charge in [0.05, 0.1) is 17.6 Å². The molecular weight excluding hydrogens is 210 g/mol. The molecule has 0 aromatic carbocycles. The molecule has 0 aliphatic carbocycles. The minimum absolute atomic E-state index is 0.0463. The summed E-state index contributed by atoms with van der Waals surface area (Å²) in [4.78, 5) is 16.7. The van der Waals surface area contributed by atoms with E-state index in [1.807, 2.05) is 11.4 Å². The van der Waals surface area contributed by atoms with Gasteiger partial charge in [0.2, 0.25) is 11.7 Å². The topological polar surface area (TPSA) is 39.2 Å². The van der Waals surface area contributed by atoms with Gasteiger partial charge in [0.1, 0.15) is 0 Å². The molecule has 0 fully saturated rings. The molecule has 0 spiro atoms. The van der Waals surface area contributed by atoms with Crippen LogP contribution in [0.5, 0.6) is 5.88 Å². The van der Waals surface area contributed by atoms with E-state index in [-0.39, 0.29) is 5.78 Å². The Kier molecular flexibility index (Phi) is 2.78. The molecular formula is C11H9NO2S. The van der Waals surface area contributed by atoms with Gasteiger partial charge in [0.25, 0.3) is 0 Å². The lowest BCUT2D eigenvalue weighted by Crippen LogP contribution is -2.03. The Balaban J connectivity index is 2.42. The van der Waals surface area contributed by atoms with Gasteiger partial charge in [-0.3, -0.25) is 4.79 Å². The number of methoxy groups -OCH3 is 1. The molecule has 0 atom stereocenters. The fourth-order valence-corrected chi connectivity index (χ4v) is 1.94. The number of carbonyl (C=O) groups excluding carboxylic acids is 1. The van der Waals surface area contributed by atoms with E-state index in [2.05, 4.69) is 4.98 Å². The zero-order valence-corrected chi connectivity index (χ0v) is 8.95. The molecule has 15 heavy (non-hydrogen) atoms. The van der Waals surface area contributed by atoms with Crippen LogP contribution in [0.1, 0.15) is 15.2 Å². The second-order valence-electron chi connectivity index (χ2n) is 2.87. The van der Waals surface area contributed by atoms with Gasteiger partial charge in [-0.2, -0.15) is 0 Å². The second-order valence-corrected chi connectivity index (χ2v) is 3.81. The first kappa shape index (κ1) is 9.86. The minimum Gasteiger partial charge on any atom is -0.480 e. The molecule has 0 amide bonds. The molecule has 2 aromatic heterocycles. The summed E-state index contributed by atoms with van der Waals surface area (Å²) in [6.45, 7) is 0. The largest absolute Gasteiger partial charge is 0.480 e. The van der Waals surface area contributed by atoms with Gasteiger partial charge in [0, 0.05) is 6.20 Å². The van der Waals surface area contributed by atoms with E-state index >= 15 is 0 Å². The van der Waals surface area contributed by atoms with Gasteiger partial charge in [-0.1, -0.05) is 6.07 Å². The predicted molar refractivity (Wildman–Crippen MR) is 58.5 cm³/mol. The van der Waals surface area contributed by atoms with E-state index in [4.69, 9.17) is 4.74 Å². The first-order valence-corrected chi connectivity index (χ1v) is 5.28. The summed E-state index contributed by atoms with van der Waals surface area (Å²) in [5.74, 6) is 0.325. The third-order valence-corrected chi connectivity index (χ3v) is 2.82. The van der Waals surface area contributed by atoms with Gasteiger partial charge >= 0.3 is 0 Å². The van der Waals surface area contributed by atoms with Crippen LogP contribution >= 0.6 is 11.3 Å². The number of pyridine rings is 1. The van der Waals surface area contributed by atoms with Crippen molar-refractivity contribution >= 4 is 17.1 Å². The first-order chi connectivity index (χ1) is 7.33. The van der Waals surface area contributed by atoms with Gasteiger partial charge in [-0.15, -0.1) is 11.3 Å². The van der Waals surface area contributed by atoms with Crippen LogP contribution in [-0.2, 0) is 0 Å².